The van der Waals surface area contributed by atoms with E-state index in [1.165, 1.54) is 11.8 Å². The Morgan fingerprint density at radius 1 is 1.18 bits per heavy atom. The van der Waals surface area contributed by atoms with Gasteiger partial charge in [0.15, 0.2) is 5.16 Å². The fourth-order valence-corrected chi connectivity index (χ4v) is 6.12. The van der Waals surface area contributed by atoms with Crippen LogP contribution in [0.5, 0.6) is 0 Å². The van der Waals surface area contributed by atoms with Crippen molar-refractivity contribution in [3.8, 4) is 0 Å². The number of benzene rings is 1. The number of carbonyl (C=O) groups excluding carboxylic acids is 1. The first-order valence-corrected chi connectivity index (χ1v) is 11.9. The lowest BCUT2D eigenvalue weighted by molar-refractivity contribution is -0.116. The minimum Gasteiger partial charge on any atom is -0.329 e. The maximum atomic E-state index is 12.9. The van der Waals surface area contributed by atoms with Crippen molar-refractivity contribution in [2.45, 2.75) is 35.7 Å². The van der Waals surface area contributed by atoms with E-state index in [0.29, 0.717) is 36.7 Å². The molecule has 2 aliphatic rings. The van der Waals surface area contributed by atoms with Crippen molar-refractivity contribution in [3.63, 3.8) is 0 Å². The van der Waals surface area contributed by atoms with Crippen molar-refractivity contribution in [1.82, 2.24) is 13.9 Å². The molecule has 3 heterocycles. The van der Waals surface area contributed by atoms with Crippen LogP contribution in [0.25, 0.3) is 0 Å². The zero-order valence-electron chi connectivity index (χ0n) is 15.9. The summed E-state index contributed by atoms with van der Waals surface area (Å²) in [6.07, 6.45) is 7.16. The Bertz CT molecular complexity index is 981. The number of aryl methyl sites for hydroxylation is 1. The number of piperidine rings is 1. The first-order chi connectivity index (χ1) is 13.5. The number of anilines is 1. The molecule has 0 unspecified atom stereocenters. The van der Waals surface area contributed by atoms with Crippen LogP contribution in [-0.4, -0.2) is 53.6 Å². The highest BCUT2D eigenvalue weighted by Gasteiger charge is 2.30. The summed E-state index contributed by atoms with van der Waals surface area (Å²) < 4.78 is 29.3. The van der Waals surface area contributed by atoms with Gasteiger partial charge in [0.1, 0.15) is 0 Å². The Morgan fingerprint density at radius 3 is 2.68 bits per heavy atom. The molecule has 9 heteroatoms. The average Bonchev–Trinajstić information content (AvgIpc) is 3.32. The number of nitrogens with zero attached hydrogens (tertiary/aromatic N) is 4. The van der Waals surface area contributed by atoms with Crippen LogP contribution in [0.3, 0.4) is 0 Å². The van der Waals surface area contributed by atoms with Gasteiger partial charge in [-0.15, -0.1) is 0 Å². The number of amides is 1. The summed E-state index contributed by atoms with van der Waals surface area (Å²) in [5.41, 5.74) is 1.75. The molecule has 0 N–H and O–H groups in total. The van der Waals surface area contributed by atoms with Gasteiger partial charge < -0.3 is 9.47 Å². The molecule has 2 aromatic rings. The van der Waals surface area contributed by atoms with Gasteiger partial charge in [0.25, 0.3) is 0 Å². The molecule has 0 radical (unpaired) electrons. The van der Waals surface area contributed by atoms with Gasteiger partial charge in [-0.1, -0.05) is 18.2 Å². The molecule has 150 valence electrons. The van der Waals surface area contributed by atoms with Crippen LogP contribution >= 0.6 is 11.8 Å². The second-order valence-corrected chi connectivity index (χ2v) is 10.0. The monoisotopic (exact) mass is 420 g/mol. The number of rotatable bonds is 5. The van der Waals surface area contributed by atoms with E-state index in [1.807, 2.05) is 17.8 Å². The summed E-state index contributed by atoms with van der Waals surface area (Å²) in [4.78, 5) is 19.0. The second kappa shape index (κ2) is 7.88. The number of sulfonamides is 1. The summed E-state index contributed by atoms with van der Waals surface area (Å²) in [6, 6.07) is 5.17. The smallest absolute Gasteiger partial charge is 0.243 e. The van der Waals surface area contributed by atoms with Crippen LogP contribution in [-0.2, 0) is 28.3 Å². The minimum absolute atomic E-state index is 0.0124. The normalized spacial score (nSPS) is 17.7. The number of carbonyl (C=O) groups is 1. The molecule has 0 spiro atoms. The van der Waals surface area contributed by atoms with E-state index in [4.69, 9.17) is 0 Å². The molecule has 28 heavy (non-hydrogen) atoms. The molecule has 0 bridgehead atoms. The lowest BCUT2D eigenvalue weighted by Gasteiger charge is -2.26. The third-order valence-corrected chi connectivity index (χ3v) is 8.24. The van der Waals surface area contributed by atoms with Gasteiger partial charge in [-0.05, 0) is 43.0 Å². The van der Waals surface area contributed by atoms with E-state index in [9.17, 15) is 13.2 Å². The molecule has 1 aromatic carbocycles. The highest BCUT2D eigenvalue weighted by atomic mass is 32.2. The van der Waals surface area contributed by atoms with Crippen LogP contribution in [0.15, 0.2) is 40.6 Å². The third kappa shape index (κ3) is 3.70. The predicted molar refractivity (Wildman–Crippen MR) is 109 cm³/mol. The zero-order chi connectivity index (χ0) is 19.7. The molecule has 0 atom stereocenters. The quantitative estimate of drug-likeness (QED) is 0.694. The second-order valence-electron chi connectivity index (χ2n) is 7.16. The average molecular weight is 421 g/mol. The summed E-state index contributed by atoms with van der Waals surface area (Å²) in [7, 11) is -1.55. The molecule has 2 aliphatic heterocycles. The Labute approximate surface area is 169 Å². The van der Waals surface area contributed by atoms with Gasteiger partial charge in [0.2, 0.25) is 15.9 Å². The Morgan fingerprint density at radius 2 is 1.96 bits per heavy atom. The van der Waals surface area contributed by atoms with Crippen molar-refractivity contribution in [2.75, 3.05) is 30.3 Å². The first-order valence-electron chi connectivity index (χ1n) is 9.50. The summed E-state index contributed by atoms with van der Waals surface area (Å²) in [5, 5.41) is 0.802. The van der Waals surface area contributed by atoms with E-state index in [1.54, 1.807) is 33.6 Å². The SMILES string of the molecule is Cn1ccnc1SCC(=O)N1CCc2cc(S(=O)(=O)N3CCCCC3)ccc21. The van der Waals surface area contributed by atoms with Crippen LogP contribution in [0.2, 0.25) is 0 Å². The molecule has 1 fully saturated rings. The number of thioether (sulfide) groups is 1. The predicted octanol–water partition coefficient (Wildman–Crippen LogP) is 2.28. The molecule has 1 saturated heterocycles. The van der Waals surface area contributed by atoms with E-state index in [2.05, 4.69) is 4.98 Å². The first kappa shape index (κ1) is 19.5. The molecule has 4 rings (SSSR count). The van der Waals surface area contributed by atoms with Gasteiger partial charge in [0, 0.05) is 44.8 Å². The Kier molecular flexibility index (Phi) is 5.48. The largest absolute Gasteiger partial charge is 0.329 e. The number of hydrogen-bond acceptors (Lipinski definition) is 5. The molecule has 0 aliphatic carbocycles. The number of aromatic nitrogens is 2. The fourth-order valence-electron chi connectivity index (χ4n) is 3.75. The van der Waals surface area contributed by atoms with Gasteiger partial charge in [-0.3, -0.25) is 4.79 Å². The van der Waals surface area contributed by atoms with Crippen LogP contribution < -0.4 is 4.90 Å². The summed E-state index contributed by atoms with van der Waals surface area (Å²) >= 11 is 1.41. The molecule has 1 aromatic heterocycles. The zero-order valence-corrected chi connectivity index (χ0v) is 17.5. The van der Waals surface area contributed by atoms with Crippen LogP contribution in [0.1, 0.15) is 24.8 Å². The van der Waals surface area contributed by atoms with E-state index in [0.717, 1.165) is 35.7 Å². The number of fused-ring (bicyclic) bond motifs is 1. The van der Waals surface area contributed by atoms with E-state index < -0.39 is 10.0 Å². The lowest BCUT2D eigenvalue weighted by atomic mass is 10.2. The van der Waals surface area contributed by atoms with Crippen molar-refractivity contribution in [1.29, 1.82) is 0 Å². The highest BCUT2D eigenvalue weighted by molar-refractivity contribution is 7.99. The Hall–Kier alpha value is -1.84. The molecular formula is C19H24N4O3S2. The van der Waals surface area contributed by atoms with Gasteiger partial charge >= 0.3 is 0 Å². The minimum atomic E-state index is -3.45. The summed E-state index contributed by atoms with van der Waals surface area (Å²) in [5.74, 6) is 0.316. The van der Waals surface area contributed by atoms with Gasteiger partial charge in [0.05, 0.1) is 10.6 Å². The third-order valence-electron chi connectivity index (χ3n) is 5.30. The van der Waals surface area contributed by atoms with Crippen LogP contribution in [0.4, 0.5) is 5.69 Å². The molecule has 0 saturated carbocycles. The maximum Gasteiger partial charge on any atom is 0.243 e. The number of hydrogen-bond donors (Lipinski definition) is 0. The van der Waals surface area contributed by atoms with E-state index >= 15 is 0 Å². The van der Waals surface area contributed by atoms with Crippen molar-refractivity contribution < 1.29 is 13.2 Å². The highest BCUT2D eigenvalue weighted by Crippen LogP contribution is 2.32. The van der Waals surface area contributed by atoms with Crippen molar-refractivity contribution in [3.05, 3.63) is 36.2 Å². The van der Waals surface area contributed by atoms with Crippen molar-refractivity contribution in [2.24, 2.45) is 7.05 Å². The Balaban J connectivity index is 1.48. The summed E-state index contributed by atoms with van der Waals surface area (Å²) in [6.45, 7) is 1.77. The van der Waals surface area contributed by atoms with Gasteiger partial charge in [-0.25, -0.2) is 13.4 Å². The molecule has 1 amide bonds. The lowest BCUT2D eigenvalue weighted by Crippen LogP contribution is -2.35. The fraction of sp³-hybridized carbons (Fsp3) is 0.474. The van der Waals surface area contributed by atoms with Crippen molar-refractivity contribution >= 4 is 33.4 Å². The van der Waals surface area contributed by atoms with Crippen LogP contribution in [0, 0.1) is 0 Å². The molecule has 7 nitrogen and oxygen atoms in total. The molecular weight excluding hydrogens is 396 g/mol. The topological polar surface area (TPSA) is 75.5 Å². The van der Waals surface area contributed by atoms with E-state index in [-0.39, 0.29) is 5.91 Å². The number of imidazole rings is 1. The standard InChI is InChI=1S/C19H24N4O3S2/c1-21-12-8-20-19(21)27-14-18(24)23-11-7-15-13-16(5-6-17(15)23)28(25,26)22-9-3-2-4-10-22/h5-6,8,12-13H,2-4,7,9-11,14H2,1H3. The van der Waals surface area contributed by atoms with Gasteiger partial charge in [-0.2, -0.15) is 4.31 Å². The maximum absolute atomic E-state index is 12.9.